The number of nitrogens with zero attached hydrogens (tertiary/aromatic N) is 2. The maximum Gasteiger partial charge on any atom is 0.170 e. The number of hydrogen-bond acceptors (Lipinski definition) is 3. The summed E-state index contributed by atoms with van der Waals surface area (Å²) in [7, 11) is 0. The van der Waals surface area contributed by atoms with Crippen molar-refractivity contribution in [2.45, 2.75) is 39.3 Å². The van der Waals surface area contributed by atoms with Crippen molar-refractivity contribution in [3.05, 3.63) is 45.7 Å². The molecule has 5 nitrogen and oxygen atoms in total. The Bertz CT molecular complexity index is 738. The van der Waals surface area contributed by atoms with Crippen LogP contribution < -0.4 is 10.6 Å². The molecule has 1 unspecified atom stereocenters. The zero-order chi connectivity index (χ0) is 17.8. The van der Waals surface area contributed by atoms with Gasteiger partial charge >= 0.3 is 0 Å². The highest BCUT2D eigenvalue weighted by atomic mass is 79.9. The Hall–Kier alpha value is -1.44. The fraction of sp³-hybridized carbons (Fsp3) is 0.444. The van der Waals surface area contributed by atoms with E-state index in [-0.39, 0.29) is 6.10 Å². The summed E-state index contributed by atoms with van der Waals surface area (Å²) < 4.78 is 8.69. The molecule has 25 heavy (non-hydrogen) atoms. The van der Waals surface area contributed by atoms with Gasteiger partial charge < -0.3 is 15.4 Å². The molecule has 1 aromatic heterocycles. The van der Waals surface area contributed by atoms with Crippen molar-refractivity contribution in [1.82, 2.24) is 15.1 Å². The van der Waals surface area contributed by atoms with Crippen molar-refractivity contribution in [3.63, 3.8) is 0 Å². The van der Waals surface area contributed by atoms with E-state index in [2.05, 4.69) is 50.7 Å². The molecule has 1 atom stereocenters. The molecule has 0 spiro atoms. The zero-order valence-electron chi connectivity index (χ0n) is 14.5. The Morgan fingerprint density at radius 3 is 2.80 bits per heavy atom. The van der Waals surface area contributed by atoms with Crippen molar-refractivity contribution < 1.29 is 4.74 Å². The molecule has 1 aliphatic heterocycles. The fourth-order valence-electron chi connectivity index (χ4n) is 2.96. The van der Waals surface area contributed by atoms with E-state index in [0.29, 0.717) is 5.11 Å². The first-order valence-electron chi connectivity index (χ1n) is 8.48. The van der Waals surface area contributed by atoms with E-state index in [4.69, 9.17) is 17.0 Å². The van der Waals surface area contributed by atoms with Crippen LogP contribution in [0.1, 0.15) is 29.8 Å². The number of anilines is 1. The van der Waals surface area contributed by atoms with Crippen LogP contribution in [-0.2, 0) is 11.3 Å². The van der Waals surface area contributed by atoms with Gasteiger partial charge in [0.2, 0.25) is 0 Å². The molecular weight excluding hydrogens is 400 g/mol. The number of aryl methyl sites for hydroxylation is 1. The molecule has 1 aromatic carbocycles. The van der Waals surface area contributed by atoms with E-state index < -0.39 is 0 Å². The maximum atomic E-state index is 5.61. The molecule has 1 saturated heterocycles. The minimum Gasteiger partial charge on any atom is -0.376 e. The molecule has 0 aliphatic carbocycles. The van der Waals surface area contributed by atoms with E-state index in [1.807, 2.05) is 23.7 Å². The highest BCUT2D eigenvalue weighted by molar-refractivity contribution is 9.10. The van der Waals surface area contributed by atoms with Crippen molar-refractivity contribution in [2.75, 3.05) is 18.5 Å². The zero-order valence-corrected chi connectivity index (χ0v) is 16.9. The van der Waals surface area contributed by atoms with Gasteiger partial charge in [-0.25, -0.2) is 0 Å². The fourth-order valence-corrected chi connectivity index (χ4v) is 3.41. The molecule has 1 aliphatic rings. The van der Waals surface area contributed by atoms with Gasteiger partial charge in [0.05, 0.1) is 29.7 Å². The first-order chi connectivity index (χ1) is 12.0. The van der Waals surface area contributed by atoms with Gasteiger partial charge in [0, 0.05) is 17.6 Å². The van der Waals surface area contributed by atoms with E-state index in [9.17, 15) is 0 Å². The van der Waals surface area contributed by atoms with Crippen LogP contribution in [0.5, 0.6) is 0 Å². The maximum absolute atomic E-state index is 5.61. The lowest BCUT2D eigenvalue weighted by Gasteiger charge is -2.14. The third-order valence-corrected chi connectivity index (χ3v) is 5.15. The van der Waals surface area contributed by atoms with E-state index in [1.54, 1.807) is 0 Å². The van der Waals surface area contributed by atoms with Gasteiger partial charge in [-0.15, -0.1) is 0 Å². The van der Waals surface area contributed by atoms with Gasteiger partial charge in [-0.2, -0.15) is 5.10 Å². The number of aromatic nitrogens is 2. The molecule has 1 fully saturated rings. The SMILES string of the molecule is Cc1nn(Cc2ccc(Br)cc2)c(C)c1NC(=S)NCC1CCCO1. The Kier molecular flexibility index (Phi) is 6.09. The van der Waals surface area contributed by atoms with Gasteiger partial charge in [-0.3, -0.25) is 4.68 Å². The smallest absolute Gasteiger partial charge is 0.170 e. The number of ether oxygens (including phenoxy) is 1. The summed E-state index contributed by atoms with van der Waals surface area (Å²) in [5.41, 5.74) is 4.19. The molecule has 3 rings (SSSR count). The third-order valence-electron chi connectivity index (χ3n) is 4.38. The normalized spacial score (nSPS) is 16.8. The number of rotatable bonds is 5. The average molecular weight is 423 g/mol. The second-order valence-electron chi connectivity index (χ2n) is 6.30. The molecular formula is C18H23BrN4OS. The summed E-state index contributed by atoms with van der Waals surface area (Å²) in [6, 6.07) is 8.29. The average Bonchev–Trinajstić information content (AvgIpc) is 3.19. The van der Waals surface area contributed by atoms with Crippen molar-refractivity contribution in [3.8, 4) is 0 Å². The first kappa shape index (κ1) is 18.4. The summed E-state index contributed by atoms with van der Waals surface area (Å²) >= 11 is 8.89. The van der Waals surface area contributed by atoms with Crippen molar-refractivity contribution in [1.29, 1.82) is 0 Å². The van der Waals surface area contributed by atoms with Crippen LogP contribution in [0.15, 0.2) is 28.7 Å². The number of nitrogens with one attached hydrogen (secondary N) is 2. The first-order valence-corrected chi connectivity index (χ1v) is 9.68. The van der Waals surface area contributed by atoms with E-state index in [1.165, 1.54) is 5.56 Å². The van der Waals surface area contributed by atoms with E-state index >= 15 is 0 Å². The standard InChI is InChI=1S/C18H23BrN4OS/c1-12-17(21-18(25)20-10-16-4-3-9-24-16)13(2)23(22-12)11-14-5-7-15(19)8-6-14/h5-8,16H,3-4,9-11H2,1-2H3,(H2,20,21,25). The summed E-state index contributed by atoms with van der Waals surface area (Å²) in [5.74, 6) is 0. The van der Waals surface area contributed by atoms with Gasteiger partial charge in [0.1, 0.15) is 0 Å². The molecule has 0 amide bonds. The molecule has 134 valence electrons. The monoisotopic (exact) mass is 422 g/mol. The Morgan fingerprint density at radius 2 is 2.12 bits per heavy atom. The lowest BCUT2D eigenvalue weighted by molar-refractivity contribution is 0.114. The second-order valence-corrected chi connectivity index (χ2v) is 7.62. The van der Waals surface area contributed by atoms with Crippen molar-refractivity contribution >= 4 is 38.9 Å². The Morgan fingerprint density at radius 1 is 1.36 bits per heavy atom. The van der Waals surface area contributed by atoms with Crippen LogP contribution in [0.4, 0.5) is 5.69 Å². The highest BCUT2D eigenvalue weighted by Gasteiger charge is 2.17. The molecule has 2 N–H and O–H groups in total. The van der Waals surface area contributed by atoms with Crippen LogP contribution in [0.3, 0.4) is 0 Å². The Labute approximate surface area is 162 Å². The van der Waals surface area contributed by atoms with Gasteiger partial charge in [-0.1, -0.05) is 28.1 Å². The van der Waals surface area contributed by atoms with Crippen LogP contribution in [0.25, 0.3) is 0 Å². The number of benzene rings is 1. The predicted molar refractivity (Wildman–Crippen MR) is 108 cm³/mol. The minimum absolute atomic E-state index is 0.266. The largest absolute Gasteiger partial charge is 0.376 e. The van der Waals surface area contributed by atoms with Crippen LogP contribution in [0.2, 0.25) is 0 Å². The lowest BCUT2D eigenvalue weighted by Crippen LogP contribution is -2.35. The summed E-state index contributed by atoms with van der Waals surface area (Å²) in [5, 5.41) is 11.8. The number of hydrogen-bond donors (Lipinski definition) is 2. The third kappa shape index (κ3) is 4.80. The summed E-state index contributed by atoms with van der Waals surface area (Å²) in [4.78, 5) is 0. The number of thiocarbonyl (C=S) groups is 1. The highest BCUT2D eigenvalue weighted by Crippen LogP contribution is 2.21. The number of halogens is 1. The topological polar surface area (TPSA) is 51.1 Å². The van der Waals surface area contributed by atoms with Gasteiger partial charge in [-0.05, 0) is 56.6 Å². The molecule has 2 heterocycles. The van der Waals surface area contributed by atoms with Crippen molar-refractivity contribution in [2.24, 2.45) is 0 Å². The molecule has 2 aromatic rings. The van der Waals surface area contributed by atoms with Crippen LogP contribution in [0, 0.1) is 13.8 Å². The molecule has 7 heteroatoms. The molecule has 0 radical (unpaired) electrons. The van der Waals surface area contributed by atoms with Crippen LogP contribution in [-0.4, -0.2) is 34.1 Å². The minimum atomic E-state index is 0.266. The quantitative estimate of drug-likeness (QED) is 0.717. The molecule has 0 bridgehead atoms. The molecule has 0 saturated carbocycles. The Balaban J connectivity index is 1.62. The second kappa shape index (κ2) is 8.29. The lowest BCUT2D eigenvalue weighted by atomic mass is 10.2. The van der Waals surface area contributed by atoms with E-state index in [0.717, 1.165) is 54.1 Å². The van der Waals surface area contributed by atoms with Gasteiger partial charge in [0.25, 0.3) is 0 Å². The van der Waals surface area contributed by atoms with Crippen LogP contribution >= 0.6 is 28.1 Å². The van der Waals surface area contributed by atoms with Gasteiger partial charge in [0.15, 0.2) is 5.11 Å². The summed E-state index contributed by atoms with van der Waals surface area (Å²) in [6.07, 6.45) is 2.49. The summed E-state index contributed by atoms with van der Waals surface area (Å²) in [6.45, 7) is 6.39. The predicted octanol–water partition coefficient (Wildman–Crippen LogP) is 3.78.